The van der Waals surface area contributed by atoms with Crippen LogP contribution < -0.4 is 5.32 Å². The molecule has 0 aromatic heterocycles. The first-order valence-corrected chi connectivity index (χ1v) is 8.55. The lowest BCUT2D eigenvalue weighted by molar-refractivity contribution is -0.138. The Hall–Kier alpha value is -1.85. The molecule has 3 heterocycles. The molecule has 0 aliphatic carbocycles. The van der Waals surface area contributed by atoms with Gasteiger partial charge in [-0.25, -0.2) is 4.39 Å². The molecule has 2 bridgehead atoms. The number of benzene rings is 1. The van der Waals surface area contributed by atoms with Gasteiger partial charge in [-0.2, -0.15) is 18.4 Å². The number of fused-ring (bicyclic) bond motifs is 1. The summed E-state index contributed by atoms with van der Waals surface area (Å²) in [5, 5.41) is 11.7. The third-order valence-corrected chi connectivity index (χ3v) is 5.86. The van der Waals surface area contributed by atoms with Crippen molar-refractivity contribution in [3.8, 4) is 6.07 Å². The number of nitriles is 1. The van der Waals surface area contributed by atoms with Crippen molar-refractivity contribution in [3.05, 3.63) is 29.1 Å². The molecule has 4 nitrogen and oxygen atoms in total. The van der Waals surface area contributed by atoms with Gasteiger partial charge in [0.1, 0.15) is 23.7 Å². The number of hydrogen-bond donors (Lipinski definition) is 1. The van der Waals surface area contributed by atoms with Crippen LogP contribution in [0.15, 0.2) is 12.1 Å². The smallest absolute Gasteiger partial charge is 0.368 e. The van der Waals surface area contributed by atoms with Gasteiger partial charge in [0.25, 0.3) is 0 Å². The first kappa shape index (κ1) is 17.6. The Morgan fingerprint density at radius 2 is 2.04 bits per heavy atom. The number of nitrogens with zero attached hydrogens (tertiary/aromatic N) is 1. The number of ether oxygens (including phenoxy) is 2. The highest BCUT2D eigenvalue weighted by atomic mass is 19.4. The van der Waals surface area contributed by atoms with Crippen molar-refractivity contribution in [1.29, 1.82) is 5.26 Å². The molecule has 1 aromatic rings. The highest BCUT2D eigenvalue weighted by molar-refractivity contribution is 5.54. The van der Waals surface area contributed by atoms with Gasteiger partial charge >= 0.3 is 6.18 Å². The van der Waals surface area contributed by atoms with Crippen LogP contribution in [0.2, 0.25) is 0 Å². The summed E-state index contributed by atoms with van der Waals surface area (Å²) in [6, 6.07) is 2.97. The van der Waals surface area contributed by atoms with E-state index in [4.69, 9.17) is 14.7 Å². The molecular weight excluding hydrogens is 352 g/mol. The Bertz CT molecular complexity index is 787. The maximum absolute atomic E-state index is 14.0. The van der Waals surface area contributed by atoms with E-state index in [0.29, 0.717) is 6.61 Å². The number of alkyl halides is 3. The molecule has 3 aliphatic rings. The third-order valence-electron chi connectivity index (χ3n) is 5.86. The van der Waals surface area contributed by atoms with Crippen molar-refractivity contribution in [1.82, 2.24) is 0 Å². The van der Waals surface area contributed by atoms with Crippen LogP contribution in [0.1, 0.15) is 43.7 Å². The fraction of sp³-hybridized carbons (Fsp3) is 0.611. The summed E-state index contributed by atoms with van der Waals surface area (Å²) in [6.07, 6.45) is -2.03. The summed E-state index contributed by atoms with van der Waals surface area (Å²) in [7, 11) is 0. The van der Waals surface area contributed by atoms with Gasteiger partial charge in [0.15, 0.2) is 0 Å². The molecular formula is C18H18F4N2O2. The minimum atomic E-state index is -4.82. The Kier molecular flexibility index (Phi) is 3.76. The first-order chi connectivity index (χ1) is 12.2. The number of hydrogen-bond acceptors (Lipinski definition) is 4. The van der Waals surface area contributed by atoms with Gasteiger partial charge in [0.2, 0.25) is 0 Å². The van der Waals surface area contributed by atoms with E-state index in [1.54, 1.807) is 0 Å². The van der Waals surface area contributed by atoms with Crippen molar-refractivity contribution in [2.45, 2.75) is 56.2 Å². The maximum Gasteiger partial charge on any atom is 0.417 e. The van der Waals surface area contributed by atoms with Crippen LogP contribution in [0.4, 0.5) is 23.2 Å². The van der Waals surface area contributed by atoms with Crippen LogP contribution in [-0.2, 0) is 15.7 Å². The molecule has 0 radical (unpaired) electrons. The summed E-state index contributed by atoms with van der Waals surface area (Å²) in [6.45, 7) is 2.47. The lowest BCUT2D eigenvalue weighted by Gasteiger charge is -2.42. The molecule has 8 heteroatoms. The molecule has 140 valence electrons. The quantitative estimate of drug-likeness (QED) is 0.793. The molecule has 4 atom stereocenters. The molecule has 3 fully saturated rings. The van der Waals surface area contributed by atoms with Crippen LogP contribution in [0.5, 0.6) is 0 Å². The second-order valence-corrected chi connectivity index (χ2v) is 7.60. The van der Waals surface area contributed by atoms with E-state index in [0.717, 1.165) is 37.8 Å². The van der Waals surface area contributed by atoms with Crippen LogP contribution in [0.3, 0.4) is 0 Å². The zero-order valence-electron chi connectivity index (χ0n) is 14.1. The highest BCUT2D eigenvalue weighted by Gasteiger charge is 2.62. The van der Waals surface area contributed by atoms with Gasteiger partial charge in [-0.05, 0) is 38.3 Å². The standard InChI is InChI=1S/C18H18F4N2O2/c1-16-2-3-17(26-16)4-5-25-15(13(17)8-16)24-10-6-12(18(20,21)22)11(9-23)14(19)7-10/h6-7,13,15,24H,2-5,8H2,1H3/t13-,15-,16?,17?/m0/s1. The minimum Gasteiger partial charge on any atom is -0.368 e. The zero-order chi connectivity index (χ0) is 18.7. The fourth-order valence-electron chi connectivity index (χ4n) is 4.68. The zero-order valence-corrected chi connectivity index (χ0v) is 14.1. The predicted molar refractivity (Wildman–Crippen MR) is 83.7 cm³/mol. The summed E-state index contributed by atoms with van der Waals surface area (Å²) in [5.41, 5.74) is -2.89. The summed E-state index contributed by atoms with van der Waals surface area (Å²) >= 11 is 0. The van der Waals surface area contributed by atoms with E-state index >= 15 is 0 Å². The molecule has 1 spiro atoms. The van der Waals surface area contributed by atoms with Crippen molar-refractivity contribution < 1.29 is 27.0 Å². The van der Waals surface area contributed by atoms with E-state index in [1.807, 2.05) is 6.92 Å². The molecule has 0 saturated carbocycles. The molecule has 1 aromatic carbocycles. The van der Waals surface area contributed by atoms with E-state index in [-0.39, 0.29) is 22.8 Å². The maximum atomic E-state index is 14.0. The largest absolute Gasteiger partial charge is 0.417 e. The van der Waals surface area contributed by atoms with E-state index < -0.39 is 29.3 Å². The van der Waals surface area contributed by atoms with Crippen LogP contribution in [0, 0.1) is 23.1 Å². The SMILES string of the molecule is CC12CCC3(CCO[C@H](Nc4cc(F)c(C#N)c(C(F)(F)F)c4)[C@@H]3C1)O2. The van der Waals surface area contributed by atoms with Gasteiger partial charge in [-0.1, -0.05) is 0 Å². The highest BCUT2D eigenvalue weighted by Crippen LogP contribution is 2.58. The lowest BCUT2D eigenvalue weighted by Crippen LogP contribution is -2.50. The number of halogens is 4. The molecule has 3 aliphatic heterocycles. The number of anilines is 1. The van der Waals surface area contributed by atoms with Crippen molar-refractivity contribution in [2.75, 3.05) is 11.9 Å². The Morgan fingerprint density at radius 1 is 1.27 bits per heavy atom. The van der Waals surface area contributed by atoms with Crippen molar-refractivity contribution in [3.63, 3.8) is 0 Å². The van der Waals surface area contributed by atoms with Gasteiger partial charge in [0.05, 0.1) is 23.4 Å². The molecule has 1 N–H and O–H groups in total. The topological polar surface area (TPSA) is 54.3 Å². The van der Waals surface area contributed by atoms with Gasteiger partial charge < -0.3 is 14.8 Å². The Labute approximate surface area is 148 Å². The van der Waals surface area contributed by atoms with Crippen LogP contribution in [0.25, 0.3) is 0 Å². The van der Waals surface area contributed by atoms with E-state index in [1.165, 1.54) is 6.07 Å². The first-order valence-electron chi connectivity index (χ1n) is 8.55. The molecule has 2 unspecified atom stereocenters. The minimum absolute atomic E-state index is 0.0111. The van der Waals surface area contributed by atoms with Gasteiger partial charge in [0, 0.05) is 18.0 Å². The summed E-state index contributed by atoms with van der Waals surface area (Å²) in [4.78, 5) is 0. The average molecular weight is 370 g/mol. The second kappa shape index (κ2) is 5.57. The molecule has 26 heavy (non-hydrogen) atoms. The second-order valence-electron chi connectivity index (χ2n) is 7.60. The Balaban J connectivity index is 1.64. The Morgan fingerprint density at radius 3 is 2.69 bits per heavy atom. The average Bonchev–Trinajstić information content (AvgIpc) is 3.04. The molecule has 4 rings (SSSR count). The van der Waals surface area contributed by atoms with Crippen molar-refractivity contribution in [2.24, 2.45) is 5.92 Å². The molecule has 3 saturated heterocycles. The summed E-state index contributed by atoms with van der Waals surface area (Å²) < 4.78 is 65.5. The van der Waals surface area contributed by atoms with Crippen LogP contribution in [-0.4, -0.2) is 24.0 Å². The van der Waals surface area contributed by atoms with E-state index in [2.05, 4.69) is 5.32 Å². The van der Waals surface area contributed by atoms with E-state index in [9.17, 15) is 17.6 Å². The van der Waals surface area contributed by atoms with Gasteiger partial charge in [-0.3, -0.25) is 0 Å². The monoisotopic (exact) mass is 370 g/mol. The fourth-order valence-corrected chi connectivity index (χ4v) is 4.68. The normalized spacial score (nSPS) is 35.8. The molecule has 0 amide bonds. The van der Waals surface area contributed by atoms with Crippen LogP contribution >= 0.6 is 0 Å². The third kappa shape index (κ3) is 2.65. The number of rotatable bonds is 2. The van der Waals surface area contributed by atoms with Gasteiger partial charge in [-0.15, -0.1) is 0 Å². The predicted octanol–water partition coefficient (Wildman–Crippen LogP) is 4.20. The summed E-state index contributed by atoms with van der Waals surface area (Å²) in [5.74, 6) is -1.21. The number of nitrogens with one attached hydrogen (secondary N) is 1. The lowest BCUT2D eigenvalue weighted by atomic mass is 9.71. The van der Waals surface area contributed by atoms with Crippen molar-refractivity contribution >= 4 is 5.69 Å².